The van der Waals surface area contributed by atoms with Crippen LogP contribution in [0.5, 0.6) is 0 Å². The monoisotopic (exact) mass is 346 g/mol. The number of nitrogens with one attached hydrogen (secondary N) is 1. The molecule has 4 nitrogen and oxygen atoms in total. The van der Waals surface area contributed by atoms with Crippen LogP contribution in [0.2, 0.25) is 5.02 Å². The molecule has 3 rings (SSSR count). The molecule has 1 aromatic heterocycles. The lowest BCUT2D eigenvalue weighted by molar-refractivity contribution is -0.120. The first kappa shape index (κ1) is 15.9. The maximum Gasteiger partial charge on any atom is 0.257 e. The van der Waals surface area contributed by atoms with E-state index >= 15 is 0 Å². The molecule has 1 N–H and O–H groups in total. The molecule has 1 heterocycles. The van der Waals surface area contributed by atoms with Crippen LogP contribution in [-0.4, -0.2) is 16.1 Å². The first-order valence-electron chi connectivity index (χ1n) is 7.16. The quantitative estimate of drug-likeness (QED) is 0.701. The molecule has 0 aliphatic heterocycles. The third kappa shape index (κ3) is 4.06. The molecule has 2 aromatic carbocycles. The summed E-state index contributed by atoms with van der Waals surface area (Å²) in [7, 11) is 0. The Hall–Kier alpha value is -1.98. The summed E-state index contributed by atoms with van der Waals surface area (Å²) in [5, 5.41) is 3.68. The van der Waals surface area contributed by atoms with E-state index in [9.17, 15) is 4.79 Å². The smallest absolute Gasteiger partial charge is 0.257 e. The molecule has 0 aliphatic rings. The molecular formula is C17H15ClN2O2S. The molecule has 6 heteroatoms. The van der Waals surface area contributed by atoms with Gasteiger partial charge in [0.25, 0.3) is 5.22 Å². The minimum atomic E-state index is -0.303. The van der Waals surface area contributed by atoms with E-state index in [0.717, 1.165) is 5.56 Å². The Balaban J connectivity index is 1.60. The molecule has 0 saturated carbocycles. The first-order valence-corrected chi connectivity index (χ1v) is 8.42. The Bertz CT molecular complexity index is 820. The molecule has 0 bridgehead atoms. The Labute approximate surface area is 143 Å². The van der Waals surface area contributed by atoms with Gasteiger partial charge in [-0.15, -0.1) is 0 Å². The van der Waals surface area contributed by atoms with E-state index in [1.807, 2.05) is 37.3 Å². The van der Waals surface area contributed by atoms with Crippen molar-refractivity contribution in [3.63, 3.8) is 0 Å². The molecule has 0 radical (unpaired) electrons. The van der Waals surface area contributed by atoms with Crippen LogP contribution in [0, 0.1) is 0 Å². The second-order valence-corrected chi connectivity index (χ2v) is 6.78. The summed E-state index contributed by atoms with van der Waals surface area (Å²) in [6, 6.07) is 15.1. The van der Waals surface area contributed by atoms with Gasteiger partial charge in [-0.05, 0) is 30.7 Å². The first-order chi connectivity index (χ1) is 11.1. The number of hydrogen-bond acceptors (Lipinski definition) is 4. The number of thioether (sulfide) groups is 1. The van der Waals surface area contributed by atoms with Crippen molar-refractivity contribution in [2.45, 2.75) is 23.9 Å². The van der Waals surface area contributed by atoms with E-state index < -0.39 is 0 Å². The van der Waals surface area contributed by atoms with Gasteiger partial charge in [-0.2, -0.15) is 0 Å². The predicted octanol–water partition coefficient (Wildman–Crippen LogP) is 4.28. The zero-order valence-corrected chi connectivity index (χ0v) is 14.0. The van der Waals surface area contributed by atoms with Gasteiger partial charge in [-0.1, -0.05) is 53.7 Å². The zero-order chi connectivity index (χ0) is 16.2. The van der Waals surface area contributed by atoms with Crippen LogP contribution < -0.4 is 5.32 Å². The molecular weight excluding hydrogens is 332 g/mol. The normalized spacial score (nSPS) is 12.3. The highest BCUT2D eigenvalue weighted by Crippen LogP contribution is 2.28. The highest BCUT2D eigenvalue weighted by Gasteiger charge is 2.17. The lowest BCUT2D eigenvalue weighted by atomic mass is 10.2. The van der Waals surface area contributed by atoms with Crippen LogP contribution in [-0.2, 0) is 11.3 Å². The van der Waals surface area contributed by atoms with Crippen LogP contribution in [0.1, 0.15) is 12.5 Å². The number of oxazole rings is 1. The highest BCUT2D eigenvalue weighted by atomic mass is 35.5. The van der Waals surface area contributed by atoms with Crippen molar-refractivity contribution in [3.05, 3.63) is 59.1 Å². The Morgan fingerprint density at radius 2 is 2.09 bits per heavy atom. The van der Waals surface area contributed by atoms with Crippen molar-refractivity contribution >= 4 is 40.4 Å². The molecule has 1 unspecified atom stereocenters. The summed E-state index contributed by atoms with van der Waals surface area (Å²) in [5.41, 5.74) is 2.42. The SMILES string of the molecule is CC(Sc1nc2cc(Cl)ccc2o1)C(=O)NCc1ccccc1. The molecule has 118 valence electrons. The summed E-state index contributed by atoms with van der Waals surface area (Å²) in [4.78, 5) is 16.5. The van der Waals surface area contributed by atoms with E-state index in [1.54, 1.807) is 18.2 Å². The van der Waals surface area contributed by atoms with Crippen LogP contribution in [0.3, 0.4) is 0 Å². The average Bonchev–Trinajstić information content (AvgIpc) is 2.94. The van der Waals surface area contributed by atoms with E-state index in [1.165, 1.54) is 11.8 Å². The number of fused-ring (bicyclic) bond motifs is 1. The Morgan fingerprint density at radius 1 is 1.30 bits per heavy atom. The average molecular weight is 347 g/mol. The van der Waals surface area contributed by atoms with Gasteiger partial charge in [0.05, 0.1) is 5.25 Å². The molecule has 0 aliphatic carbocycles. The highest BCUT2D eigenvalue weighted by molar-refractivity contribution is 8.00. The van der Waals surface area contributed by atoms with Crippen molar-refractivity contribution in [1.29, 1.82) is 0 Å². The summed E-state index contributed by atoms with van der Waals surface area (Å²) in [6.07, 6.45) is 0. The summed E-state index contributed by atoms with van der Waals surface area (Å²) < 4.78 is 5.62. The third-order valence-electron chi connectivity index (χ3n) is 3.29. The van der Waals surface area contributed by atoms with Gasteiger partial charge in [-0.25, -0.2) is 4.98 Å². The van der Waals surface area contributed by atoms with E-state index in [4.69, 9.17) is 16.0 Å². The van der Waals surface area contributed by atoms with Gasteiger partial charge in [0, 0.05) is 11.6 Å². The van der Waals surface area contributed by atoms with Crippen molar-refractivity contribution < 1.29 is 9.21 Å². The number of carbonyl (C=O) groups is 1. The van der Waals surface area contributed by atoms with Crippen LogP contribution in [0.4, 0.5) is 0 Å². The molecule has 0 spiro atoms. The van der Waals surface area contributed by atoms with Crippen LogP contribution >= 0.6 is 23.4 Å². The minimum absolute atomic E-state index is 0.0564. The maximum absolute atomic E-state index is 12.2. The zero-order valence-electron chi connectivity index (χ0n) is 12.5. The topological polar surface area (TPSA) is 55.1 Å². The lowest BCUT2D eigenvalue weighted by Gasteiger charge is -2.09. The molecule has 1 amide bonds. The van der Waals surface area contributed by atoms with Crippen LogP contribution in [0.15, 0.2) is 58.2 Å². The predicted molar refractivity (Wildman–Crippen MR) is 92.6 cm³/mol. The second-order valence-electron chi connectivity index (χ2n) is 5.06. The largest absolute Gasteiger partial charge is 0.431 e. The third-order valence-corrected chi connectivity index (χ3v) is 4.47. The number of rotatable bonds is 5. The Kier molecular flexibility index (Phi) is 4.88. The van der Waals surface area contributed by atoms with Gasteiger partial charge >= 0.3 is 0 Å². The molecule has 0 fully saturated rings. The van der Waals surface area contributed by atoms with E-state index in [-0.39, 0.29) is 11.2 Å². The number of halogens is 1. The van der Waals surface area contributed by atoms with Crippen molar-refractivity contribution in [2.24, 2.45) is 0 Å². The number of aromatic nitrogens is 1. The number of hydrogen-bond donors (Lipinski definition) is 1. The lowest BCUT2D eigenvalue weighted by Crippen LogP contribution is -2.30. The summed E-state index contributed by atoms with van der Waals surface area (Å²) in [6.45, 7) is 2.33. The van der Waals surface area contributed by atoms with Crippen molar-refractivity contribution in [2.75, 3.05) is 0 Å². The standard InChI is InChI=1S/C17H15ClN2O2S/c1-11(16(21)19-10-12-5-3-2-4-6-12)23-17-20-14-9-13(18)7-8-15(14)22-17/h2-9,11H,10H2,1H3,(H,19,21). The number of amides is 1. The summed E-state index contributed by atoms with van der Waals surface area (Å²) in [5.74, 6) is -0.0564. The van der Waals surface area contributed by atoms with E-state index in [2.05, 4.69) is 10.3 Å². The van der Waals surface area contributed by atoms with Gasteiger partial charge in [0.1, 0.15) is 5.52 Å². The van der Waals surface area contributed by atoms with Gasteiger partial charge in [0.15, 0.2) is 5.58 Å². The molecule has 0 saturated heterocycles. The van der Waals surface area contributed by atoms with Gasteiger partial charge < -0.3 is 9.73 Å². The Morgan fingerprint density at radius 3 is 2.87 bits per heavy atom. The molecule has 23 heavy (non-hydrogen) atoms. The van der Waals surface area contributed by atoms with Crippen molar-refractivity contribution in [1.82, 2.24) is 10.3 Å². The summed E-state index contributed by atoms with van der Waals surface area (Å²) >= 11 is 7.22. The second kappa shape index (κ2) is 7.06. The van der Waals surface area contributed by atoms with Gasteiger partial charge in [0.2, 0.25) is 5.91 Å². The van der Waals surface area contributed by atoms with Gasteiger partial charge in [-0.3, -0.25) is 4.79 Å². The van der Waals surface area contributed by atoms with Crippen molar-refractivity contribution in [3.8, 4) is 0 Å². The van der Waals surface area contributed by atoms with E-state index in [0.29, 0.717) is 27.9 Å². The fraction of sp³-hybridized carbons (Fsp3) is 0.176. The number of benzene rings is 2. The fourth-order valence-electron chi connectivity index (χ4n) is 2.06. The fourth-order valence-corrected chi connectivity index (χ4v) is 3.01. The number of nitrogens with zero attached hydrogens (tertiary/aromatic N) is 1. The van der Waals surface area contributed by atoms with Crippen LogP contribution in [0.25, 0.3) is 11.1 Å². The molecule has 3 aromatic rings. The minimum Gasteiger partial charge on any atom is -0.431 e. The number of carbonyl (C=O) groups excluding carboxylic acids is 1. The maximum atomic E-state index is 12.2. The molecule has 1 atom stereocenters.